The fourth-order valence-electron chi connectivity index (χ4n) is 0.844. The Labute approximate surface area is 70.7 Å². The third kappa shape index (κ3) is 0.970. The van der Waals surface area contributed by atoms with Gasteiger partial charge in [0.15, 0.2) is 0 Å². The van der Waals surface area contributed by atoms with E-state index >= 15 is 0 Å². The zero-order valence-electron chi connectivity index (χ0n) is 5.36. The molecule has 2 heterocycles. The minimum absolute atomic E-state index is 0.346. The second kappa shape index (κ2) is 2.20. The summed E-state index contributed by atoms with van der Waals surface area (Å²) < 4.78 is 2.21. The Morgan fingerprint density at radius 2 is 2.18 bits per heavy atom. The molecule has 4 nitrogen and oxygen atoms in total. The fourth-order valence-corrected chi connectivity index (χ4v) is 1.18. The topological polar surface area (TPSA) is 45.7 Å². The SMILES string of the molecule is O=C1N=Nc2ccc(Br)c[n+]21. The Morgan fingerprint density at radius 1 is 1.36 bits per heavy atom. The molecule has 1 aromatic rings. The summed E-state index contributed by atoms with van der Waals surface area (Å²) in [6, 6.07) is 3.18. The number of aromatic nitrogens is 1. The lowest BCUT2D eigenvalue weighted by atomic mass is 10.4. The standard InChI is InChI=1S/C6H3BrN3O/c7-4-1-2-5-8-9-6(11)10(5)3-4/h1-3H/q+1. The van der Waals surface area contributed by atoms with Gasteiger partial charge >= 0.3 is 11.8 Å². The Bertz CT molecular complexity index is 361. The lowest BCUT2D eigenvalue weighted by molar-refractivity contribution is -0.550. The number of carbonyl (C=O) groups excluding carboxylic acids is 1. The molecule has 0 N–H and O–H groups in total. The zero-order valence-corrected chi connectivity index (χ0v) is 6.95. The maximum absolute atomic E-state index is 10.9. The summed E-state index contributed by atoms with van der Waals surface area (Å²) in [4.78, 5) is 10.9. The molecule has 5 heteroatoms. The molecule has 11 heavy (non-hydrogen) atoms. The lowest BCUT2D eigenvalue weighted by Gasteiger charge is -1.89. The van der Waals surface area contributed by atoms with E-state index in [2.05, 4.69) is 26.2 Å². The summed E-state index contributed by atoms with van der Waals surface area (Å²) in [7, 11) is 0. The van der Waals surface area contributed by atoms with Crippen LogP contribution < -0.4 is 4.57 Å². The van der Waals surface area contributed by atoms with Crippen molar-refractivity contribution in [2.45, 2.75) is 0 Å². The first-order chi connectivity index (χ1) is 5.27. The Balaban J connectivity index is 2.67. The first kappa shape index (κ1) is 6.60. The van der Waals surface area contributed by atoms with Crippen LogP contribution in [0.25, 0.3) is 0 Å². The van der Waals surface area contributed by atoms with Gasteiger partial charge in [0, 0.05) is 10.5 Å². The highest BCUT2D eigenvalue weighted by molar-refractivity contribution is 9.10. The minimum Gasteiger partial charge on any atom is -0.205 e. The molecule has 0 spiro atoms. The summed E-state index contributed by atoms with van der Waals surface area (Å²) in [6.07, 6.45) is 1.64. The van der Waals surface area contributed by atoms with Crippen LogP contribution in [0.15, 0.2) is 33.0 Å². The number of nitrogens with zero attached hydrogens (tertiary/aromatic N) is 3. The normalized spacial score (nSPS) is 13.7. The number of carbonyl (C=O) groups is 1. The summed E-state index contributed by atoms with van der Waals surface area (Å²) in [5.41, 5.74) is 0. The van der Waals surface area contributed by atoms with Crippen LogP contribution in [0.1, 0.15) is 0 Å². The average Bonchev–Trinajstić information content (AvgIpc) is 2.33. The quantitative estimate of drug-likeness (QED) is 0.606. The van der Waals surface area contributed by atoms with Crippen molar-refractivity contribution in [1.82, 2.24) is 0 Å². The number of hydrogen-bond acceptors (Lipinski definition) is 2. The van der Waals surface area contributed by atoms with E-state index in [1.807, 2.05) is 6.07 Å². The maximum atomic E-state index is 10.9. The number of azo groups is 1. The number of halogens is 1. The van der Waals surface area contributed by atoms with Crippen molar-refractivity contribution in [3.8, 4) is 0 Å². The van der Waals surface area contributed by atoms with Crippen LogP contribution in [0, 0.1) is 0 Å². The van der Waals surface area contributed by atoms with Crippen LogP contribution >= 0.6 is 15.9 Å². The second-order valence-corrected chi connectivity index (χ2v) is 2.97. The predicted octanol–water partition coefficient (Wildman–Crippen LogP) is 1.80. The summed E-state index contributed by atoms with van der Waals surface area (Å²) in [5, 5.41) is 7.01. The highest BCUT2D eigenvalue weighted by Crippen LogP contribution is 2.15. The van der Waals surface area contributed by atoms with Crippen LogP contribution in [-0.2, 0) is 0 Å². The van der Waals surface area contributed by atoms with Gasteiger partial charge in [-0.2, -0.15) is 4.57 Å². The largest absolute Gasteiger partial charge is 0.518 e. The van der Waals surface area contributed by atoms with Gasteiger partial charge in [-0.3, -0.25) is 0 Å². The molecule has 0 saturated heterocycles. The van der Waals surface area contributed by atoms with Gasteiger partial charge in [0.2, 0.25) is 0 Å². The van der Waals surface area contributed by atoms with Crippen LogP contribution in [0.2, 0.25) is 0 Å². The van der Waals surface area contributed by atoms with Gasteiger partial charge in [0.05, 0.1) is 11.3 Å². The van der Waals surface area contributed by atoms with Gasteiger partial charge in [0.1, 0.15) is 5.11 Å². The van der Waals surface area contributed by atoms with Gasteiger partial charge in [-0.1, -0.05) is 0 Å². The molecule has 1 amide bonds. The molecule has 1 aromatic heterocycles. The molecular formula is C6H3BrN3O+. The van der Waals surface area contributed by atoms with Crippen molar-refractivity contribution in [2.24, 2.45) is 10.2 Å². The number of rotatable bonds is 0. The Morgan fingerprint density at radius 3 is 3.00 bits per heavy atom. The van der Waals surface area contributed by atoms with Gasteiger partial charge in [-0.05, 0) is 22.0 Å². The molecule has 0 radical (unpaired) electrons. The molecule has 1 aliphatic rings. The minimum atomic E-state index is -0.346. The molecule has 0 fully saturated rings. The highest BCUT2D eigenvalue weighted by atomic mass is 79.9. The number of hydrogen-bond donors (Lipinski definition) is 0. The van der Waals surface area contributed by atoms with Crippen molar-refractivity contribution in [3.63, 3.8) is 0 Å². The van der Waals surface area contributed by atoms with Gasteiger partial charge < -0.3 is 0 Å². The van der Waals surface area contributed by atoms with E-state index in [1.165, 1.54) is 4.57 Å². The van der Waals surface area contributed by atoms with Crippen molar-refractivity contribution < 1.29 is 9.36 Å². The van der Waals surface area contributed by atoms with E-state index in [-0.39, 0.29) is 6.03 Å². The van der Waals surface area contributed by atoms with Gasteiger partial charge in [-0.15, -0.1) is 0 Å². The molecule has 2 rings (SSSR count). The third-order valence-corrected chi connectivity index (χ3v) is 1.80. The number of amides is 1. The molecule has 0 unspecified atom stereocenters. The molecule has 0 saturated carbocycles. The number of pyridine rings is 1. The van der Waals surface area contributed by atoms with E-state index < -0.39 is 0 Å². The van der Waals surface area contributed by atoms with Crippen molar-refractivity contribution >= 4 is 27.8 Å². The fraction of sp³-hybridized carbons (Fsp3) is 0. The van der Waals surface area contributed by atoms with E-state index in [1.54, 1.807) is 12.3 Å². The van der Waals surface area contributed by atoms with Crippen molar-refractivity contribution in [1.29, 1.82) is 0 Å². The molecular weight excluding hydrogens is 210 g/mol. The lowest BCUT2D eigenvalue weighted by Crippen LogP contribution is -2.37. The van der Waals surface area contributed by atoms with Crippen LogP contribution in [0.4, 0.5) is 10.6 Å². The van der Waals surface area contributed by atoms with Crippen molar-refractivity contribution in [2.75, 3.05) is 0 Å². The van der Waals surface area contributed by atoms with Crippen LogP contribution in [0.5, 0.6) is 0 Å². The van der Waals surface area contributed by atoms with Crippen LogP contribution in [0.3, 0.4) is 0 Å². The summed E-state index contributed by atoms with van der Waals surface area (Å²) >= 11 is 3.24. The first-order valence-corrected chi connectivity index (χ1v) is 3.74. The third-order valence-electron chi connectivity index (χ3n) is 1.33. The van der Waals surface area contributed by atoms with E-state index in [0.29, 0.717) is 5.82 Å². The molecule has 0 aromatic carbocycles. The predicted molar refractivity (Wildman–Crippen MR) is 39.6 cm³/mol. The van der Waals surface area contributed by atoms with E-state index in [9.17, 15) is 4.79 Å². The van der Waals surface area contributed by atoms with Crippen molar-refractivity contribution in [3.05, 3.63) is 22.8 Å². The number of fused-ring (bicyclic) bond motifs is 1. The molecule has 0 aliphatic carbocycles. The molecule has 0 bridgehead atoms. The van der Waals surface area contributed by atoms with E-state index in [0.717, 1.165) is 4.47 Å². The maximum Gasteiger partial charge on any atom is 0.518 e. The Kier molecular flexibility index (Phi) is 1.32. The highest BCUT2D eigenvalue weighted by Gasteiger charge is 2.26. The average molecular weight is 213 g/mol. The van der Waals surface area contributed by atoms with Gasteiger partial charge in [-0.25, -0.2) is 4.79 Å². The summed E-state index contributed by atoms with van der Waals surface area (Å²) in [6.45, 7) is 0. The van der Waals surface area contributed by atoms with Crippen LogP contribution in [-0.4, -0.2) is 6.03 Å². The zero-order chi connectivity index (χ0) is 7.84. The smallest absolute Gasteiger partial charge is 0.205 e. The Hall–Kier alpha value is -1.10. The molecule has 1 aliphatic heterocycles. The molecule has 0 atom stereocenters. The summed E-state index contributed by atoms with van der Waals surface area (Å²) in [5.74, 6) is 0.568. The second-order valence-electron chi connectivity index (χ2n) is 2.06. The molecule has 54 valence electrons. The van der Waals surface area contributed by atoms with Gasteiger partial charge in [0.25, 0.3) is 0 Å². The monoisotopic (exact) mass is 212 g/mol. The first-order valence-electron chi connectivity index (χ1n) is 2.95. The van der Waals surface area contributed by atoms with E-state index in [4.69, 9.17) is 0 Å².